The molecule has 4 nitrogen and oxygen atoms in total. The molecule has 3 aromatic carbocycles. The second-order valence-corrected chi connectivity index (χ2v) is 14.1. The monoisotopic (exact) mass is 488 g/mol. The first-order valence-electron chi connectivity index (χ1n) is 11.8. The maximum absolute atomic E-state index is 12.5. The zero-order chi connectivity index (χ0) is 25.5. The molecule has 0 unspecified atom stereocenters. The molecule has 0 N–H and O–H groups in total. The predicted octanol–water partition coefficient (Wildman–Crippen LogP) is 5.30. The molecular weight excluding hydrogens is 452 g/mol. The highest BCUT2D eigenvalue weighted by molar-refractivity contribution is 6.99. The molecule has 184 valence electrons. The molecule has 0 saturated heterocycles. The minimum absolute atomic E-state index is 0.239. The van der Waals surface area contributed by atoms with Crippen LogP contribution >= 0.6 is 0 Å². The van der Waals surface area contributed by atoms with E-state index in [1.54, 1.807) is 20.1 Å². The van der Waals surface area contributed by atoms with E-state index in [1.165, 1.54) is 0 Å². The van der Waals surface area contributed by atoms with Crippen LogP contribution in [-0.4, -0.2) is 33.4 Å². The highest BCUT2D eigenvalue weighted by Gasteiger charge is 2.53. The van der Waals surface area contributed by atoms with Crippen molar-refractivity contribution in [1.29, 1.82) is 0 Å². The molecule has 0 aliphatic rings. The molecule has 0 aliphatic heterocycles. The second kappa shape index (κ2) is 11.2. The van der Waals surface area contributed by atoms with E-state index in [4.69, 9.17) is 13.9 Å². The van der Waals surface area contributed by atoms with Crippen LogP contribution in [0.1, 0.15) is 33.3 Å². The first-order valence-corrected chi connectivity index (χ1v) is 13.8. The molecule has 0 saturated carbocycles. The number of rotatable bonds is 11. The third kappa shape index (κ3) is 5.64. The fourth-order valence-electron chi connectivity index (χ4n) is 4.42. The summed E-state index contributed by atoms with van der Waals surface area (Å²) < 4.78 is 18.6. The highest BCUT2D eigenvalue weighted by atomic mass is 28.4. The van der Waals surface area contributed by atoms with Gasteiger partial charge in [0.05, 0.1) is 19.8 Å². The van der Waals surface area contributed by atoms with Crippen LogP contribution in [0.5, 0.6) is 5.75 Å². The summed E-state index contributed by atoms with van der Waals surface area (Å²) in [5, 5.41) is 2.03. The van der Waals surface area contributed by atoms with Gasteiger partial charge in [-0.25, -0.2) is 0 Å². The van der Waals surface area contributed by atoms with E-state index in [9.17, 15) is 4.79 Å². The van der Waals surface area contributed by atoms with Crippen molar-refractivity contribution in [3.05, 3.63) is 103 Å². The number of hydrogen-bond acceptors (Lipinski definition) is 4. The number of benzene rings is 3. The van der Waals surface area contributed by atoms with Gasteiger partial charge in [-0.15, -0.1) is 6.58 Å². The number of methoxy groups -OCH3 is 1. The average Bonchev–Trinajstić information content (AvgIpc) is 2.88. The highest BCUT2D eigenvalue weighted by Crippen LogP contribution is 2.39. The Morgan fingerprint density at radius 2 is 1.37 bits per heavy atom. The summed E-state index contributed by atoms with van der Waals surface area (Å²) in [4.78, 5) is 12.5. The second-order valence-electron chi connectivity index (χ2n) is 9.88. The van der Waals surface area contributed by atoms with Gasteiger partial charge >= 0.3 is 0 Å². The van der Waals surface area contributed by atoms with Crippen LogP contribution in [-0.2, 0) is 20.6 Å². The van der Waals surface area contributed by atoms with Crippen molar-refractivity contribution in [1.82, 2.24) is 0 Å². The molecule has 0 fully saturated rings. The first kappa shape index (κ1) is 26.6. The van der Waals surface area contributed by atoms with E-state index in [-0.39, 0.29) is 11.6 Å². The quantitative estimate of drug-likeness (QED) is 0.209. The number of carbonyl (C=O) groups excluding carboxylic acids is 1. The summed E-state index contributed by atoms with van der Waals surface area (Å²) in [6.45, 7) is 12.7. The van der Waals surface area contributed by atoms with Crippen LogP contribution in [0.3, 0.4) is 0 Å². The van der Waals surface area contributed by atoms with Crippen LogP contribution in [0, 0.1) is 0 Å². The normalized spacial score (nSPS) is 14.5. The molecular formula is C30H36O4Si. The minimum atomic E-state index is -2.91. The van der Waals surface area contributed by atoms with Gasteiger partial charge in [0, 0.05) is 0 Å². The van der Waals surface area contributed by atoms with Crippen LogP contribution in [0.2, 0.25) is 5.04 Å². The van der Waals surface area contributed by atoms with Crippen LogP contribution in [0.4, 0.5) is 0 Å². The van der Waals surface area contributed by atoms with Crippen molar-refractivity contribution < 1.29 is 18.7 Å². The Labute approximate surface area is 210 Å². The van der Waals surface area contributed by atoms with Crippen LogP contribution < -0.4 is 15.1 Å². The maximum atomic E-state index is 12.5. The first-order chi connectivity index (χ1) is 16.7. The van der Waals surface area contributed by atoms with Crippen molar-refractivity contribution in [3.63, 3.8) is 0 Å². The lowest BCUT2D eigenvalue weighted by Gasteiger charge is -2.47. The predicted molar refractivity (Wildman–Crippen MR) is 145 cm³/mol. The third-order valence-corrected chi connectivity index (χ3v) is 11.5. The SMILES string of the molecule is C=C[C@@H](O[Si](c1ccccc1)(c1ccccc1)C(C)(C)C)[C@@](C)(C=O)OCc1ccc(OC)cc1. The molecule has 2 atom stereocenters. The van der Waals surface area contributed by atoms with Crippen LogP contribution in [0.15, 0.2) is 97.6 Å². The Hall–Kier alpha value is -2.99. The summed E-state index contributed by atoms with van der Waals surface area (Å²) in [7, 11) is -1.28. The number of carbonyl (C=O) groups is 1. The lowest BCUT2D eigenvalue weighted by atomic mass is 10.0. The molecule has 0 aliphatic carbocycles. The molecule has 0 spiro atoms. The standard InChI is InChI=1S/C30H36O4Si/c1-7-28(30(5,23-31)33-22-24-18-20-25(32-6)21-19-24)34-35(29(2,3)4,26-14-10-8-11-15-26)27-16-12-9-13-17-27/h7-21,23,28H,1,22H2,2-6H3/t28-,30-/m1/s1. The lowest BCUT2D eigenvalue weighted by Crippen LogP contribution is -2.69. The Bertz CT molecular complexity index is 1050. The van der Waals surface area contributed by atoms with E-state index in [1.807, 2.05) is 60.7 Å². The van der Waals surface area contributed by atoms with Gasteiger partial charge in [-0.1, -0.05) is 99.6 Å². The summed E-state index contributed by atoms with van der Waals surface area (Å²) in [5.74, 6) is 0.769. The summed E-state index contributed by atoms with van der Waals surface area (Å²) in [6.07, 6.45) is 1.87. The van der Waals surface area contributed by atoms with E-state index in [2.05, 4.69) is 51.6 Å². The summed E-state index contributed by atoms with van der Waals surface area (Å²) >= 11 is 0. The van der Waals surface area contributed by atoms with Gasteiger partial charge in [0.25, 0.3) is 8.32 Å². The molecule has 0 radical (unpaired) electrons. The van der Waals surface area contributed by atoms with Gasteiger partial charge < -0.3 is 18.7 Å². The fraction of sp³-hybridized carbons (Fsp3) is 0.300. The minimum Gasteiger partial charge on any atom is -0.497 e. The van der Waals surface area contributed by atoms with E-state index in [0.29, 0.717) is 0 Å². The molecule has 0 aromatic heterocycles. The average molecular weight is 489 g/mol. The number of aldehydes is 1. The van der Waals surface area contributed by atoms with Gasteiger partial charge in [0.1, 0.15) is 11.4 Å². The van der Waals surface area contributed by atoms with E-state index >= 15 is 0 Å². The van der Waals surface area contributed by atoms with E-state index < -0.39 is 20.0 Å². The summed E-state index contributed by atoms with van der Waals surface area (Å²) in [6, 6.07) is 28.3. The Morgan fingerprint density at radius 3 is 1.77 bits per heavy atom. The maximum Gasteiger partial charge on any atom is 0.262 e. The molecule has 0 amide bonds. The molecule has 35 heavy (non-hydrogen) atoms. The van der Waals surface area contributed by atoms with Gasteiger partial charge in [-0.3, -0.25) is 0 Å². The Morgan fingerprint density at radius 1 is 0.857 bits per heavy atom. The van der Waals surface area contributed by atoms with E-state index in [0.717, 1.165) is 28.0 Å². The zero-order valence-corrected chi connectivity index (χ0v) is 22.4. The van der Waals surface area contributed by atoms with Crippen molar-refractivity contribution >= 4 is 25.0 Å². The molecule has 0 bridgehead atoms. The smallest absolute Gasteiger partial charge is 0.262 e. The Kier molecular flexibility index (Phi) is 8.49. The summed E-state index contributed by atoms with van der Waals surface area (Å²) in [5.41, 5.74) is -0.290. The largest absolute Gasteiger partial charge is 0.497 e. The molecule has 0 heterocycles. The van der Waals surface area contributed by atoms with Gasteiger partial charge in [0.2, 0.25) is 0 Å². The molecule has 3 aromatic rings. The van der Waals surface area contributed by atoms with Crippen molar-refractivity contribution in [2.75, 3.05) is 7.11 Å². The zero-order valence-electron chi connectivity index (χ0n) is 21.4. The van der Waals surface area contributed by atoms with Crippen LogP contribution in [0.25, 0.3) is 0 Å². The third-order valence-electron chi connectivity index (χ3n) is 6.44. The van der Waals surface area contributed by atoms with Gasteiger partial charge in [-0.05, 0) is 40.0 Å². The van der Waals surface area contributed by atoms with Crippen molar-refractivity contribution in [2.24, 2.45) is 0 Å². The van der Waals surface area contributed by atoms with Gasteiger partial charge in [0.15, 0.2) is 6.29 Å². The number of ether oxygens (including phenoxy) is 2. The topological polar surface area (TPSA) is 44.8 Å². The number of hydrogen-bond donors (Lipinski definition) is 0. The molecule has 5 heteroatoms. The van der Waals surface area contributed by atoms with Gasteiger partial charge in [-0.2, -0.15) is 0 Å². The van der Waals surface area contributed by atoms with Crippen molar-refractivity contribution in [3.8, 4) is 5.75 Å². The van der Waals surface area contributed by atoms with Crippen molar-refractivity contribution in [2.45, 2.75) is 51.0 Å². The lowest BCUT2D eigenvalue weighted by molar-refractivity contribution is -0.142. The Balaban J connectivity index is 2.03. The fourth-order valence-corrected chi connectivity index (χ4v) is 9.15. The molecule has 3 rings (SSSR count).